The number of hydrogen-bond acceptors (Lipinski definition) is 5. The Kier molecular flexibility index (Phi) is 3.13. The number of halogens is 1. The van der Waals surface area contributed by atoms with Crippen LogP contribution in [0, 0.1) is 23.0 Å². The van der Waals surface area contributed by atoms with Crippen LogP contribution < -0.4 is 4.74 Å². The van der Waals surface area contributed by atoms with Gasteiger partial charge in [0.2, 0.25) is 5.88 Å². The van der Waals surface area contributed by atoms with Crippen LogP contribution in [0.15, 0.2) is 30.6 Å². The predicted molar refractivity (Wildman–Crippen MR) is 59.9 cm³/mol. The fourth-order valence-corrected chi connectivity index (χ4v) is 1.31. The van der Waals surface area contributed by atoms with Crippen molar-refractivity contribution in [1.29, 1.82) is 0 Å². The van der Waals surface area contributed by atoms with Crippen molar-refractivity contribution in [3.8, 4) is 11.6 Å². The molecule has 92 valence electrons. The molecule has 2 heterocycles. The number of hydrogen-bond donors (Lipinski definition) is 0. The molecule has 2 aromatic heterocycles. The molecule has 0 saturated carbocycles. The third kappa shape index (κ3) is 2.40. The van der Waals surface area contributed by atoms with E-state index < -0.39 is 10.9 Å². The smallest absolute Gasteiger partial charge is 0.288 e. The van der Waals surface area contributed by atoms with Crippen molar-refractivity contribution >= 4 is 5.69 Å². The van der Waals surface area contributed by atoms with Gasteiger partial charge < -0.3 is 4.74 Å². The van der Waals surface area contributed by atoms with Gasteiger partial charge in [-0.1, -0.05) is 0 Å². The summed E-state index contributed by atoms with van der Waals surface area (Å²) in [7, 11) is 0. The van der Waals surface area contributed by atoms with Crippen LogP contribution in [-0.2, 0) is 0 Å². The van der Waals surface area contributed by atoms with E-state index in [1.165, 1.54) is 24.4 Å². The Labute approximate surface area is 101 Å². The van der Waals surface area contributed by atoms with Crippen molar-refractivity contribution in [1.82, 2.24) is 9.97 Å². The highest BCUT2D eigenvalue weighted by Gasteiger charge is 2.12. The number of ether oxygens (including phenoxy) is 1. The molecule has 2 rings (SSSR count). The Hall–Kier alpha value is -2.57. The maximum Gasteiger partial charge on any atom is 0.288 e. The highest BCUT2D eigenvalue weighted by Crippen LogP contribution is 2.26. The summed E-state index contributed by atoms with van der Waals surface area (Å²) in [5, 5.41) is 10.5. The minimum atomic E-state index is -0.767. The fourth-order valence-electron chi connectivity index (χ4n) is 1.31. The normalized spacial score (nSPS) is 10.1. The lowest BCUT2D eigenvalue weighted by Crippen LogP contribution is -1.97. The van der Waals surface area contributed by atoms with Gasteiger partial charge in [-0.25, -0.2) is 9.97 Å². The first-order valence-electron chi connectivity index (χ1n) is 4.97. The second-order valence-corrected chi connectivity index (χ2v) is 3.47. The van der Waals surface area contributed by atoms with Crippen LogP contribution in [0.4, 0.5) is 10.1 Å². The molecule has 0 unspecified atom stereocenters. The van der Waals surface area contributed by atoms with Gasteiger partial charge in [-0.3, -0.25) is 10.1 Å². The van der Waals surface area contributed by atoms with E-state index in [-0.39, 0.29) is 17.3 Å². The molecule has 0 aromatic carbocycles. The van der Waals surface area contributed by atoms with Crippen molar-refractivity contribution < 1.29 is 14.1 Å². The maximum absolute atomic E-state index is 13.2. The summed E-state index contributed by atoms with van der Waals surface area (Å²) in [5.41, 5.74) is 0.291. The largest absolute Gasteiger partial charge is 0.434 e. The monoisotopic (exact) mass is 249 g/mol. The first-order chi connectivity index (χ1) is 8.58. The molecule has 0 saturated heterocycles. The highest BCUT2D eigenvalue weighted by molar-refractivity contribution is 5.38. The van der Waals surface area contributed by atoms with Gasteiger partial charge in [0.05, 0.1) is 4.92 Å². The number of rotatable bonds is 3. The Bertz CT molecular complexity index is 604. The maximum atomic E-state index is 13.2. The molecule has 0 aliphatic carbocycles. The van der Waals surface area contributed by atoms with Crippen LogP contribution in [0.1, 0.15) is 5.56 Å². The third-order valence-electron chi connectivity index (χ3n) is 2.16. The number of nitrogens with zero attached hydrogens (tertiary/aromatic N) is 3. The van der Waals surface area contributed by atoms with E-state index in [1.54, 1.807) is 6.92 Å². The van der Waals surface area contributed by atoms with Crippen LogP contribution >= 0.6 is 0 Å². The van der Waals surface area contributed by atoms with E-state index in [9.17, 15) is 14.5 Å². The van der Waals surface area contributed by atoms with Gasteiger partial charge in [0.1, 0.15) is 6.20 Å². The van der Waals surface area contributed by atoms with Crippen molar-refractivity contribution in [2.45, 2.75) is 6.92 Å². The topological polar surface area (TPSA) is 78.2 Å². The molecule has 0 aliphatic rings. The molecule has 0 atom stereocenters. The summed E-state index contributed by atoms with van der Waals surface area (Å²) < 4.78 is 18.4. The summed E-state index contributed by atoms with van der Waals surface area (Å²) in [6, 6.07) is 4.21. The Morgan fingerprint density at radius 2 is 2.22 bits per heavy atom. The van der Waals surface area contributed by atoms with Crippen LogP contribution in [0.5, 0.6) is 11.6 Å². The predicted octanol–water partition coefficient (Wildman–Crippen LogP) is 2.62. The Balaban J connectivity index is 2.30. The van der Waals surface area contributed by atoms with Crippen molar-refractivity contribution in [3.05, 3.63) is 52.2 Å². The van der Waals surface area contributed by atoms with Gasteiger partial charge in [0, 0.05) is 17.8 Å². The van der Waals surface area contributed by atoms with Crippen LogP contribution in [-0.4, -0.2) is 14.9 Å². The molecule has 0 spiro atoms. The first kappa shape index (κ1) is 11.9. The van der Waals surface area contributed by atoms with Gasteiger partial charge in [-0.15, -0.1) is 0 Å². The summed E-state index contributed by atoms with van der Waals surface area (Å²) in [4.78, 5) is 17.2. The molecule has 7 heteroatoms. The molecule has 6 nitrogen and oxygen atoms in total. The van der Waals surface area contributed by atoms with Crippen LogP contribution in [0.25, 0.3) is 0 Å². The molecule has 0 N–H and O–H groups in total. The van der Waals surface area contributed by atoms with E-state index in [1.807, 2.05) is 0 Å². The van der Waals surface area contributed by atoms with Crippen LogP contribution in [0.3, 0.4) is 0 Å². The van der Waals surface area contributed by atoms with Gasteiger partial charge in [-0.2, -0.15) is 4.39 Å². The minimum absolute atomic E-state index is 0.0815. The lowest BCUT2D eigenvalue weighted by atomic mass is 10.3. The summed E-state index contributed by atoms with van der Waals surface area (Å²) in [5.74, 6) is -0.744. The zero-order valence-corrected chi connectivity index (χ0v) is 9.33. The van der Waals surface area contributed by atoms with Gasteiger partial charge in [0.15, 0.2) is 5.75 Å². The SMILES string of the molecule is Cc1cc([N+](=O)[O-])cnc1Oc1cccnc1F. The van der Waals surface area contributed by atoms with Crippen molar-refractivity contribution in [2.24, 2.45) is 0 Å². The summed E-state index contributed by atoms with van der Waals surface area (Å²) >= 11 is 0. The first-order valence-corrected chi connectivity index (χ1v) is 4.97. The van der Waals surface area contributed by atoms with Crippen molar-refractivity contribution in [3.63, 3.8) is 0 Å². The fraction of sp³-hybridized carbons (Fsp3) is 0.0909. The van der Waals surface area contributed by atoms with E-state index >= 15 is 0 Å². The molecule has 0 amide bonds. The number of aromatic nitrogens is 2. The number of pyridine rings is 2. The van der Waals surface area contributed by atoms with E-state index in [2.05, 4.69) is 9.97 Å². The van der Waals surface area contributed by atoms with Gasteiger partial charge in [0.25, 0.3) is 11.6 Å². The Morgan fingerprint density at radius 1 is 1.44 bits per heavy atom. The average Bonchev–Trinajstić information content (AvgIpc) is 2.34. The minimum Gasteiger partial charge on any atom is -0.434 e. The van der Waals surface area contributed by atoms with Gasteiger partial charge in [-0.05, 0) is 19.1 Å². The molecule has 0 aliphatic heterocycles. The average molecular weight is 249 g/mol. The highest BCUT2D eigenvalue weighted by atomic mass is 19.1. The molecule has 18 heavy (non-hydrogen) atoms. The van der Waals surface area contributed by atoms with E-state index in [0.29, 0.717) is 5.56 Å². The summed E-state index contributed by atoms with van der Waals surface area (Å²) in [6.07, 6.45) is 2.34. The van der Waals surface area contributed by atoms with Crippen LogP contribution in [0.2, 0.25) is 0 Å². The second kappa shape index (κ2) is 4.74. The Morgan fingerprint density at radius 3 is 2.83 bits per heavy atom. The zero-order valence-electron chi connectivity index (χ0n) is 9.33. The second-order valence-electron chi connectivity index (χ2n) is 3.47. The van der Waals surface area contributed by atoms with Gasteiger partial charge >= 0.3 is 0 Å². The molecule has 0 bridgehead atoms. The van der Waals surface area contributed by atoms with Crippen molar-refractivity contribution in [2.75, 3.05) is 0 Å². The molecular formula is C11H8FN3O3. The number of aryl methyl sites for hydroxylation is 1. The summed E-state index contributed by atoms with van der Waals surface area (Å²) in [6.45, 7) is 1.59. The zero-order chi connectivity index (χ0) is 13.1. The lowest BCUT2D eigenvalue weighted by molar-refractivity contribution is -0.385. The standard InChI is InChI=1S/C11H8FN3O3/c1-7-5-8(15(16)17)6-14-11(7)18-9-3-2-4-13-10(9)12/h2-6H,1H3. The van der Waals surface area contributed by atoms with E-state index in [4.69, 9.17) is 4.74 Å². The number of nitro groups is 1. The molecule has 0 fully saturated rings. The lowest BCUT2D eigenvalue weighted by Gasteiger charge is -2.06. The van der Waals surface area contributed by atoms with E-state index in [0.717, 1.165) is 6.20 Å². The molecular weight excluding hydrogens is 241 g/mol. The quantitative estimate of drug-likeness (QED) is 0.474. The third-order valence-corrected chi connectivity index (χ3v) is 2.16. The molecule has 0 radical (unpaired) electrons. The molecule has 2 aromatic rings.